The number of hydrazone groups is 1. The molecule has 0 fully saturated rings. The van der Waals surface area contributed by atoms with Gasteiger partial charge in [0.15, 0.2) is 6.34 Å². The van der Waals surface area contributed by atoms with Crippen LogP contribution in [0.5, 0.6) is 5.75 Å². The van der Waals surface area contributed by atoms with Crippen LogP contribution in [-0.4, -0.2) is 11.4 Å². The summed E-state index contributed by atoms with van der Waals surface area (Å²) < 4.78 is 0. The van der Waals surface area contributed by atoms with Gasteiger partial charge in [-0.05, 0) is 12.1 Å². The molecule has 0 aliphatic rings. The Morgan fingerprint density at radius 3 is 2.08 bits per heavy atom. The first-order valence-electron chi connectivity index (χ1n) is 3.13. The van der Waals surface area contributed by atoms with Gasteiger partial charge in [0, 0.05) is 0 Å². The SMILES string of the molecule is N=NC=NN.Oc1ccccc1. The predicted molar refractivity (Wildman–Crippen MR) is 45.9 cm³/mol. The van der Waals surface area contributed by atoms with Gasteiger partial charge < -0.3 is 10.9 Å². The molecule has 1 aromatic carbocycles. The number of nitrogens with zero attached hydrogens (tertiary/aromatic N) is 2. The molecule has 0 amide bonds. The summed E-state index contributed by atoms with van der Waals surface area (Å²) in [5.41, 5.74) is 6.00. The van der Waals surface area contributed by atoms with Crippen LogP contribution >= 0.6 is 0 Å². The molecule has 0 spiro atoms. The van der Waals surface area contributed by atoms with E-state index in [1.807, 2.05) is 6.07 Å². The number of rotatable bonds is 1. The van der Waals surface area contributed by atoms with Gasteiger partial charge in [-0.2, -0.15) is 5.10 Å². The van der Waals surface area contributed by atoms with Crippen molar-refractivity contribution >= 4 is 6.34 Å². The molecular weight excluding hydrogens is 156 g/mol. The van der Waals surface area contributed by atoms with Crippen molar-refractivity contribution in [2.24, 2.45) is 16.1 Å². The maximum Gasteiger partial charge on any atom is 0.156 e. The molecule has 4 N–H and O–H groups in total. The molecule has 1 rings (SSSR count). The minimum Gasteiger partial charge on any atom is -0.508 e. The zero-order valence-electron chi connectivity index (χ0n) is 6.38. The lowest BCUT2D eigenvalue weighted by Crippen LogP contribution is -1.75. The molecule has 0 heterocycles. The Hall–Kier alpha value is -1.91. The highest BCUT2D eigenvalue weighted by Gasteiger charge is 1.74. The lowest BCUT2D eigenvalue weighted by atomic mass is 10.3. The van der Waals surface area contributed by atoms with Gasteiger partial charge in [-0.25, -0.2) is 5.53 Å². The van der Waals surface area contributed by atoms with E-state index in [1.54, 1.807) is 24.3 Å². The summed E-state index contributed by atoms with van der Waals surface area (Å²) in [5, 5.41) is 14.2. The van der Waals surface area contributed by atoms with Gasteiger partial charge in [0.2, 0.25) is 0 Å². The molecule has 0 aliphatic carbocycles. The molecule has 1 aromatic rings. The fourth-order valence-electron chi connectivity index (χ4n) is 0.461. The molecule has 0 saturated heterocycles. The first-order chi connectivity index (χ1) is 5.81. The molecule has 0 atom stereocenters. The van der Waals surface area contributed by atoms with Gasteiger partial charge in [0.1, 0.15) is 5.75 Å². The standard InChI is InChI=1S/C6H6O.CH4N4/c7-6-4-2-1-3-5-6;2-4-1-5-3/h1-5,7H;1-2H,3H2. The van der Waals surface area contributed by atoms with E-state index >= 15 is 0 Å². The number of hydrogen-bond donors (Lipinski definition) is 3. The highest BCUT2D eigenvalue weighted by Crippen LogP contribution is 2.02. The highest BCUT2D eigenvalue weighted by atomic mass is 16.3. The number of nitrogens with one attached hydrogen (secondary N) is 1. The summed E-state index contributed by atoms with van der Waals surface area (Å²) in [4.78, 5) is 0. The Balaban J connectivity index is 0.000000217. The molecule has 0 bridgehead atoms. The van der Waals surface area contributed by atoms with Crippen molar-refractivity contribution in [1.29, 1.82) is 5.53 Å². The minimum atomic E-state index is 0.322. The number of aromatic hydroxyl groups is 1. The van der Waals surface area contributed by atoms with Crippen molar-refractivity contribution in [2.45, 2.75) is 0 Å². The number of phenols is 1. The first kappa shape index (κ1) is 10.1. The van der Waals surface area contributed by atoms with E-state index in [1.165, 1.54) is 0 Å². The van der Waals surface area contributed by atoms with Crippen LogP contribution in [0.2, 0.25) is 0 Å². The maximum absolute atomic E-state index is 8.63. The van der Waals surface area contributed by atoms with Crippen LogP contribution in [0.25, 0.3) is 0 Å². The fourth-order valence-corrected chi connectivity index (χ4v) is 0.461. The van der Waals surface area contributed by atoms with Crippen LogP contribution in [0.15, 0.2) is 40.5 Å². The van der Waals surface area contributed by atoms with E-state index in [2.05, 4.69) is 16.1 Å². The Bertz CT molecular complexity index is 234. The average Bonchev–Trinajstić information content (AvgIpc) is 2.08. The summed E-state index contributed by atoms with van der Waals surface area (Å²) in [6.07, 6.45) is 0.944. The normalized spacial score (nSPS) is 8.67. The summed E-state index contributed by atoms with van der Waals surface area (Å²) >= 11 is 0. The third kappa shape index (κ3) is 6.21. The van der Waals surface area contributed by atoms with Crippen molar-refractivity contribution in [2.75, 3.05) is 0 Å². The van der Waals surface area contributed by atoms with Gasteiger partial charge in [-0.1, -0.05) is 18.2 Å². The Morgan fingerprint density at radius 2 is 1.92 bits per heavy atom. The highest BCUT2D eigenvalue weighted by molar-refractivity contribution is 5.52. The Labute approximate surface area is 70.0 Å². The summed E-state index contributed by atoms with van der Waals surface area (Å²) in [6.45, 7) is 0. The number of phenolic OH excluding ortho intramolecular Hbond substituents is 1. The summed E-state index contributed by atoms with van der Waals surface area (Å²) in [5.74, 6) is 4.82. The van der Waals surface area contributed by atoms with Crippen molar-refractivity contribution in [3.63, 3.8) is 0 Å². The molecule has 0 radical (unpaired) electrons. The largest absolute Gasteiger partial charge is 0.508 e. The van der Waals surface area contributed by atoms with Crippen LogP contribution in [-0.2, 0) is 0 Å². The molecule has 12 heavy (non-hydrogen) atoms. The minimum absolute atomic E-state index is 0.322. The second-order valence-corrected chi connectivity index (χ2v) is 1.73. The zero-order valence-corrected chi connectivity index (χ0v) is 6.38. The Morgan fingerprint density at radius 1 is 1.33 bits per heavy atom. The van der Waals surface area contributed by atoms with Crippen LogP contribution in [0.1, 0.15) is 0 Å². The smallest absolute Gasteiger partial charge is 0.156 e. The van der Waals surface area contributed by atoms with E-state index < -0.39 is 0 Å². The van der Waals surface area contributed by atoms with Gasteiger partial charge in [-0.3, -0.25) is 0 Å². The number of benzene rings is 1. The van der Waals surface area contributed by atoms with E-state index in [-0.39, 0.29) is 0 Å². The number of hydrogen-bond acceptors (Lipinski definition) is 4. The Kier molecular flexibility index (Phi) is 6.05. The van der Waals surface area contributed by atoms with Gasteiger partial charge >= 0.3 is 0 Å². The van der Waals surface area contributed by atoms with Gasteiger partial charge in [0.05, 0.1) is 0 Å². The zero-order chi connectivity index (χ0) is 9.23. The second kappa shape index (κ2) is 7.20. The third-order valence-electron chi connectivity index (χ3n) is 0.881. The van der Waals surface area contributed by atoms with E-state index in [4.69, 9.17) is 10.6 Å². The van der Waals surface area contributed by atoms with Crippen LogP contribution in [0.3, 0.4) is 0 Å². The van der Waals surface area contributed by atoms with Gasteiger partial charge in [-0.15, -0.1) is 5.11 Å². The maximum atomic E-state index is 8.63. The molecule has 0 aliphatic heterocycles. The average molecular weight is 166 g/mol. The molecule has 64 valence electrons. The second-order valence-electron chi connectivity index (χ2n) is 1.73. The van der Waals surface area contributed by atoms with Gasteiger partial charge in [0.25, 0.3) is 0 Å². The fraction of sp³-hybridized carbons (Fsp3) is 0. The van der Waals surface area contributed by atoms with Crippen molar-refractivity contribution in [3.05, 3.63) is 30.3 Å². The molecule has 0 saturated carbocycles. The lowest BCUT2D eigenvalue weighted by Gasteiger charge is -1.82. The predicted octanol–water partition coefficient (Wildman–Crippen LogP) is 1.31. The molecule has 5 heteroatoms. The van der Waals surface area contributed by atoms with Crippen LogP contribution in [0.4, 0.5) is 0 Å². The summed E-state index contributed by atoms with van der Waals surface area (Å²) in [7, 11) is 0. The lowest BCUT2D eigenvalue weighted by molar-refractivity contribution is 0.475. The summed E-state index contributed by atoms with van der Waals surface area (Å²) in [6, 6.07) is 8.71. The molecular formula is C7H10N4O. The first-order valence-corrected chi connectivity index (χ1v) is 3.13. The molecule has 5 nitrogen and oxygen atoms in total. The van der Waals surface area contributed by atoms with Crippen molar-refractivity contribution in [3.8, 4) is 5.75 Å². The monoisotopic (exact) mass is 166 g/mol. The van der Waals surface area contributed by atoms with Crippen molar-refractivity contribution < 1.29 is 5.11 Å². The topological polar surface area (TPSA) is 94.8 Å². The van der Waals surface area contributed by atoms with Crippen LogP contribution < -0.4 is 5.84 Å². The van der Waals surface area contributed by atoms with E-state index in [0.29, 0.717) is 5.75 Å². The number of para-hydroxylation sites is 1. The molecule has 0 unspecified atom stereocenters. The molecule has 0 aromatic heterocycles. The van der Waals surface area contributed by atoms with Crippen molar-refractivity contribution in [1.82, 2.24) is 0 Å². The van der Waals surface area contributed by atoms with E-state index in [0.717, 1.165) is 6.34 Å². The number of nitrogens with two attached hydrogens (primary N) is 1. The van der Waals surface area contributed by atoms with Crippen LogP contribution in [0, 0.1) is 5.53 Å². The third-order valence-corrected chi connectivity index (χ3v) is 0.881. The quantitative estimate of drug-likeness (QED) is 0.193. The van der Waals surface area contributed by atoms with E-state index in [9.17, 15) is 0 Å².